The molecule has 0 amide bonds. The minimum absolute atomic E-state index is 0. The fraction of sp³-hybridized carbons (Fsp3) is 0.524. The van der Waals surface area contributed by atoms with Gasteiger partial charge in [-0.2, -0.15) is 0 Å². The van der Waals surface area contributed by atoms with Gasteiger partial charge in [0.2, 0.25) is 0 Å². The van der Waals surface area contributed by atoms with Crippen LogP contribution in [0.15, 0.2) is 30.5 Å². The van der Waals surface area contributed by atoms with E-state index >= 15 is 0 Å². The van der Waals surface area contributed by atoms with Crippen molar-refractivity contribution in [1.82, 2.24) is 15.3 Å². The van der Waals surface area contributed by atoms with Crippen LogP contribution in [0.5, 0.6) is 0 Å². The van der Waals surface area contributed by atoms with Gasteiger partial charge in [0.05, 0.1) is 11.6 Å². The Labute approximate surface area is 178 Å². The number of aromatic amines is 1. The van der Waals surface area contributed by atoms with E-state index in [1.54, 1.807) is 0 Å². The summed E-state index contributed by atoms with van der Waals surface area (Å²) in [5.74, 6) is 1.20. The molecule has 154 valence electrons. The summed E-state index contributed by atoms with van der Waals surface area (Å²) in [6.45, 7) is 2.22. The Bertz CT molecular complexity index is 749. The summed E-state index contributed by atoms with van der Waals surface area (Å²) in [7, 11) is 0. The number of nitrogens with zero attached hydrogens (tertiary/aromatic N) is 1. The number of benzene rings is 1. The normalized spacial score (nSPS) is 22.7. The van der Waals surface area contributed by atoms with Crippen molar-refractivity contribution >= 4 is 30.8 Å². The zero-order valence-corrected chi connectivity index (χ0v) is 17.5. The highest BCUT2D eigenvalue weighted by Crippen LogP contribution is 2.35. The zero-order chi connectivity index (χ0) is 17.9. The van der Waals surface area contributed by atoms with Gasteiger partial charge in [0.25, 0.3) is 0 Å². The highest BCUT2D eigenvalue weighted by Gasteiger charge is 2.28. The molecule has 1 saturated heterocycles. The van der Waals surface area contributed by atoms with Gasteiger partial charge in [0, 0.05) is 17.7 Å². The topological polar surface area (TPSA) is 78.0 Å². The Hall–Kier alpha value is -1.56. The number of H-pyrrole nitrogens is 1. The van der Waals surface area contributed by atoms with E-state index in [4.69, 9.17) is 10.1 Å². The largest absolute Gasteiger partial charge is 0.481 e. The first-order chi connectivity index (χ1) is 12.7. The van der Waals surface area contributed by atoms with Gasteiger partial charge in [-0.15, -0.1) is 24.8 Å². The molecule has 1 aliphatic carbocycles. The minimum atomic E-state index is -0.655. The first-order valence-electron chi connectivity index (χ1n) is 9.80. The van der Waals surface area contributed by atoms with Crippen LogP contribution in [-0.4, -0.2) is 34.1 Å². The maximum atomic E-state index is 11.1. The number of nitrogens with one attached hydrogen (secondary N) is 2. The zero-order valence-electron chi connectivity index (χ0n) is 15.9. The summed E-state index contributed by atoms with van der Waals surface area (Å²) in [5, 5.41) is 12.6. The number of carboxylic acids is 1. The van der Waals surface area contributed by atoms with Crippen LogP contribution in [-0.2, 0) is 4.79 Å². The minimum Gasteiger partial charge on any atom is -0.481 e. The van der Waals surface area contributed by atoms with Crippen molar-refractivity contribution in [2.45, 2.75) is 50.4 Å². The van der Waals surface area contributed by atoms with Gasteiger partial charge in [-0.25, -0.2) is 4.98 Å². The molecular formula is C21H29Cl2N3O2. The number of halogens is 2. The first-order valence-corrected chi connectivity index (χ1v) is 9.80. The molecule has 3 N–H and O–H groups in total. The van der Waals surface area contributed by atoms with Crippen LogP contribution in [0.1, 0.15) is 61.7 Å². The van der Waals surface area contributed by atoms with Gasteiger partial charge in [0.1, 0.15) is 5.82 Å². The Morgan fingerprint density at radius 2 is 1.57 bits per heavy atom. The lowest BCUT2D eigenvalue weighted by molar-refractivity contribution is -0.142. The van der Waals surface area contributed by atoms with Crippen LogP contribution in [0.2, 0.25) is 0 Å². The van der Waals surface area contributed by atoms with Crippen LogP contribution in [0.4, 0.5) is 0 Å². The molecule has 2 heterocycles. The maximum absolute atomic E-state index is 11.1. The molecule has 1 aliphatic heterocycles. The molecule has 2 aromatic rings. The fourth-order valence-electron chi connectivity index (χ4n) is 4.39. The molecule has 0 radical (unpaired) electrons. The Morgan fingerprint density at radius 1 is 0.929 bits per heavy atom. The first kappa shape index (κ1) is 22.7. The number of piperidine rings is 1. The van der Waals surface area contributed by atoms with Gasteiger partial charge in [0.15, 0.2) is 0 Å². The Morgan fingerprint density at radius 3 is 2.18 bits per heavy atom. The van der Waals surface area contributed by atoms with Gasteiger partial charge in [-0.3, -0.25) is 4.79 Å². The van der Waals surface area contributed by atoms with Crippen LogP contribution in [0.3, 0.4) is 0 Å². The second-order valence-electron chi connectivity index (χ2n) is 7.70. The summed E-state index contributed by atoms with van der Waals surface area (Å²) in [6, 6.07) is 8.85. The molecule has 1 saturated carbocycles. The molecular weight excluding hydrogens is 397 g/mol. The van der Waals surface area contributed by atoms with Gasteiger partial charge >= 0.3 is 5.97 Å². The number of rotatable bonds is 4. The third-order valence-electron chi connectivity index (χ3n) is 6.08. The molecule has 1 aromatic heterocycles. The molecule has 0 unspecified atom stereocenters. The maximum Gasteiger partial charge on any atom is 0.306 e. The number of imidazole rings is 1. The molecule has 2 fully saturated rings. The molecule has 0 spiro atoms. The van der Waals surface area contributed by atoms with Gasteiger partial charge < -0.3 is 15.4 Å². The smallest absolute Gasteiger partial charge is 0.306 e. The van der Waals surface area contributed by atoms with E-state index in [0.717, 1.165) is 55.9 Å². The molecule has 0 bridgehead atoms. The summed E-state index contributed by atoms with van der Waals surface area (Å²) in [4.78, 5) is 19.2. The highest BCUT2D eigenvalue weighted by atomic mass is 35.5. The van der Waals surface area contributed by atoms with Gasteiger partial charge in [-0.05, 0) is 63.1 Å². The third kappa shape index (κ3) is 5.07. The van der Waals surface area contributed by atoms with E-state index in [9.17, 15) is 4.79 Å². The number of hydrogen-bond donors (Lipinski definition) is 3. The number of hydrogen-bond acceptors (Lipinski definition) is 3. The number of aliphatic carboxylic acids is 1. The Kier molecular flexibility index (Phi) is 8.35. The molecule has 1 aromatic carbocycles. The average molecular weight is 426 g/mol. The third-order valence-corrected chi connectivity index (χ3v) is 6.08. The second-order valence-corrected chi connectivity index (χ2v) is 7.70. The number of aromatic nitrogens is 2. The standard InChI is InChI=1S/C21H27N3O2.2ClH/c25-21(26)18-7-5-17(6-8-18)20-23-13-19(24-20)16-3-1-14(2-4-16)15-9-11-22-12-10-15;;/h1-4,13,15,17-18,22H,5-12H2,(H,23,24)(H,25,26);2*1H/t17-,18-;;. The van der Waals surface area contributed by atoms with Crippen LogP contribution in [0.25, 0.3) is 11.3 Å². The number of carboxylic acid groups (broad SMARTS) is 1. The van der Waals surface area contributed by atoms with E-state index < -0.39 is 5.97 Å². The van der Waals surface area contributed by atoms with E-state index in [0.29, 0.717) is 11.8 Å². The van der Waals surface area contributed by atoms with Crippen LogP contribution < -0.4 is 5.32 Å². The molecule has 5 nitrogen and oxygen atoms in total. The van der Waals surface area contributed by atoms with Crippen molar-refractivity contribution in [2.24, 2.45) is 5.92 Å². The lowest BCUT2D eigenvalue weighted by Crippen LogP contribution is -2.26. The molecule has 2 aliphatic rings. The van der Waals surface area contributed by atoms with Crippen molar-refractivity contribution in [3.8, 4) is 11.3 Å². The Balaban J connectivity index is 0.00000140. The van der Waals surface area contributed by atoms with Crippen molar-refractivity contribution in [1.29, 1.82) is 0 Å². The van der Waals surface area contributed by atoms with Crippen molar-refractivity contribution in [3.63, 3.8) is 0 Å². The predicted octanol–water partition coefficient (Wildman–Crippen LogP) is 4.75. The van der Waals surface area contributed by atoms with E-state index in [2.05, 4.69) is 34.6 Å². The van der Waals surface area contributed by atoms with Crippen LogP contribution in [0, 0.1) is 5.92 Å². The predicted molar refractivity (Wildman–Crippen MR) is 116 cm³/mol. The van der Waals surface area contributed by atoms with Crippen molar-refractivity contribution < 1.29 is 9.90 Å². The molecule has 4 rings (SSSR count). The highest BCUT2D eigenvalue weighted by molar-refractivity contribution is 5.85. The van der Waals surface area contributed by atoms with E-state index in [1.165, 1.54) is 18.4 Å². The second kappa shape index (κ2) is 10.3. The lowest BCUT2D eigenvalue weighted by Gasteiger charge is -2.24. The summed E-state index contributed by atoms with van der Waals surface area (Å²) in [6.07, 6.45) is 7.72. The SMILES string of the molecule is Cl.Cl.O=C(O)[C@H]1CC[C@H](c2nc(-c3ccc(C4CCNCC4)cc3)c[nH]2)CC1. The average Bonchev–Trinajstić information content (AvgIpc) is 3.19. The molecule has 28 heavy (non-hydrogen) atoms. The molecule has 7 heteroatoms. The monoisotopic (exact) mass is 425 g/mol. The van der Waals surface area contributed by atoms with Gasteiger partial charge in [-0.1, -0.05) is 24.3 Å². The quantitative estimate of drug-likeness (QED) is 0.660. The summed E-state index contributed by atoms with van der Waals surface area (Å²) in [5.41, 5.74) is 3.56. The summed E-state index contributed by atoms with van der Waals surface area (Å²) >= 11 is 0. The van der Waals surface area contributed by atoms with Crippen molar-refractivity contribution in [3.05, 3.63) is 41.9 Å². The van der Waals surface area contributed by atoms with Crippen LogP contribution >= 0.6 is 24.8 Å². The fourth-order valence-corrected chi connectivity index (χ4v) is 4.39. The van der Waals surface area contributed by atoms with E-state index in [-0.39, 0.29) is 30.7 Å². The van der Waals surface area contributed by atoms with E-state index in [1.807, 2.05) is 6.20 Å². The summed E-state index contributed by atoms with van der Waals surface area (Å²) < 4.78 is 0. The number of carbonyl (C=O) groups is 1. The van der Waals surface area contributed by atoms with Crippen molar-refractivity contribution in [2.75, 3.05) is 13.1 Å². The lowest BCUT2D eigenvalue weighted by atomic mass is 9.82. The molecule has 0 atom stereocenters.